The number of benzene rings is 1. The van der Waals surface area contributed by atoms with Gasteiger partial charge in [0.05, 0.1) is 12.1 Å². The van der Waals surface area contributed by atoms with Gasteiger partial charge in [-0.15, -0.1) is 0 Å². The molecule has 8 heteroatoms. The second-order valence-electron chi connectivity index (χ2n) is 7.71. The molecular formula is C21H30N4O4. The molecule has 2 aromatic rings. The van der Waals surface area contributed by atoms with Gasteiger partial charge in [-0.1, -0.05) is 18.2 Å². The normalized spacial score (nSPS) is 21.9. The topological polar surface area (TPSA) is 98.5 Å². The van der Waals surface area contributed by atoms with Gasteiger partial charge in [-0.05, 0) is 45.2 Å². The maximum absolute atomic E-state index is 12.3. The number of aliphatic hydroxyl groups excluding tert-OH is 1. The largest absolute Gasteiger partial charge is 0.484 e. The number of aliphatic hydroxyl groups is 1. The van der Waals surface area contributed by atoms with Gasteiger partial charge in [0.2, 0.25) is 0 Å². The molecule has 1 aromatic carbocycles. The number of aromatic nitrogens is 3. The maximum atomic E-state index is 12.3. The zero-order chi connectivity index (χ0) is 20.8. The first kappa shape index (κ1) is 21.3. The number of amides is 1. The molecule has 8 nitrogen and oxygen atoms in total. The summed E-state index contributed by atoms with van der Waals surface area (Å²) in [5.41, 5.74) is 0. The highest BCUT2D eigenvalue weighted by Crippen LogP contribution is 2.33. The number of nitrogens with zero attached hydrogens (tertiary/aromatic N) is 3. The van der Waals surface area contributed by atoms with Crippen LogP contribution >= 0.6 is 0 Å². The molecule has 0 aliphatic heterocycles. The van der Waals surface area contributed by atoms with Crippen molar-refractivity contribution < 1.29 is 19.4 Å². The third-order valence-corrected chi connectivity index (χ3v) is 5.10. The number of hydrogen-bond acceptors (Lipinski definition) is 6. The van der Waals surface area contributed by atoms with Crippen LogP contribution in [0, 0.1) is 0 Å². The van der Waals surface area contributed by atoms with Crippen molar-refractivity contribution in [3.05, 3.63) is 42.0 Å². The molecule has 1 aliphatic rings. The van der Waals surface area contributed by atoms with Crippen molar-refractivity contribution in [2.45, 2.75) is 63.8 Å². The number of carbonyl (C=O) groups is 1. The van der Waals surface area contributed by atoms with E-state index in [0.717, 1.165) is 12.2 Å². The maximum Gasteiger partial charge on any atom is 0.258 e. The van der Waals surface area contributed by atoms with Crippen LogP contribution in [-0.2, 0) is 16.1 Å². The van der Waals surface area contributed by atoms with Gasteiger partial charge in [-0.3, -0.25) is 4.79 Å². The van der Waals surface area contributed by atoms with Crippen LogP contribution in [0.4, 0.5) is 0 Å². The number of rotatable bonds is 8. The predicted octanol–water partition coefficient (Wildman–Crippen LogP) is 2.20. The molecule has 29 heavy (non-hydrogen) atoms. The Bertz CT molecular complexity index is 793. The third kappa shape index (κ3) is 5.55. The number of carbonyl (C=O) groups excluding carboxylic acids is 1. The Hall–Kier alpha value is -2.45. The summed E-state index contributed by atoms with van der Waals surface area (Å²) >= 11 is 0. The van der Waals surface area contributed by atoms with E-state index >= 15 is 0 Å². The van der Waals surface area contributed by atoms with Crippen molar-refractivity contribution >= 4 is 5.91 Å². The fourth-order valence-electron chi connectivity index (χ4n) is 3.69. The highest BCUT2D eigenvalue weighted by Gasteiger charge is 2.34. The van der Waals surface area contributed by atoms with Crippen molar-refractivity contribution in [2.75, 3.05) is 13.7 Å². The Kier molecular flexibility index (Phi) is 7.22. The number of methoxy groups -OCH3 is 1. The smallest absolute Gasteiger partial charge is 0.258 e. The molecule has 1 aromatic heterocycles. The molecule has 0 spiro atoms. The molecule has 1 fully saturated rings. The van der Waals surface area contributed by atoms with E-state index in [9.17, 15) is 9.90 Å². The van der Waals surface area contributed by atoms with E-state index in [1.807, 2.05) is 22.9 Å². The minimum atomic E-state index is -0.583. The molecule has 0 unspecified atom stereocenters. The SMILES string of the molecule is COCc1nc([C@H]2CC[C@@H](O)[C@H](NC(=O)COc3ccccc3)C2)n(C(C)C)n1. The van der Waals surface area contributed by atoms with Crippen molar-refractivity contribution in [2.24, 2.45) is 0 Å². The summed E-state index contributed by atoms with van der Waals surface area (Å²) in [6.45, 7) is 4.40. The lowest BCUT2D eigenvalue weighted by Gasteiger charge is -2.33. The molecule has 1 saturated carbocycles. The lowest BCUT2D eigenvalue weighted by atomic mass is 9.83. The fraction of sp³-hybridized carbons (Fsp3) is 0.571. The standard InChI is InChI=1S/C21H30N4O4/c1-14(2)25-21(23-19(24-25)12-28-3)15-9-10-18(26)17(11-15)22-20(27)13-29-16-7-5-4-6-8-16/h4-8,14-15,17-18,26H,9-13H2,1-3H3,(H,22,27)/t15-,17+,18+/m0/s1. The van der Waals surface area contributed by atoms with Gasteiger partial charge in [-0.2, -0.15) is 5.10 Å². The predicted molar refractivity (Wildman–Crippen MR) is 108 cm³/mol. The number of ether oxygens (including phenoxy) is 2. The Morgan fingerprint density at radius 1 is 1.31 bits per heavy atom. The van der Waals surface area contributed by atoms with Crippen molar-refractivity contribution in [1.82, 2.24) is 20.1 Å². The molecular weight excluding hydrogens is 372 g/mol. The van der Waals surface area contributed by atoms with Gasteiger partial charge in [0.1, 0.15) is 18.2 Å². The van der Waals surface area contributed by atoms with Crippen LogP contribution in [0.15, 0.2) is 30.3 Å². The second-order valence-corrected chi connectivity index (χ2v) is 7.71. The quantitative estimate of drug-likeness (QED) is 0.702. The average molecular weight is 402 g/mol. The summed E-state index contributed by atoms with van der Waals surface area (Å²) < 4.78 is 12.6. The number of hydrogen-bond donors (Lipinski definition) is 2. The lowest BCUT2D eigenvalue weighted by molar-refractivity contribution is -0.125. The molecule has 158 valence electrons. The Labute approximate surface area is 171 Å². The molecule has 2 N–H and O–H groups in total. The first-order valence-corrected chi connectivity index (χ1v) is 10.1. The molecule has 0 bridgehead atoms. The van der Waals surface area contributed by atoms with E-state index in [1.165, 1.54) is 0 Å². The highest BCUT2D eigenvalue weighted by atomic mass is 16.5. The molecule has 3 atom stereocenters. The second kappa shape index (κ2) is 9.84. The van der Waals surface area contributed by atoms with Crippen LogP contribution in [0.2, 0.25) is 0 Å². The van der Waals surface area contributed by atoms with E-state index in [2.05, 4.69) is 29.2 Å². The summed E-state index contributed by atoms with van der Waals surface area (Å²) in [6, 6.07) is 9.02. The summed E-state index contributed by atoms with van der Waals surface area (Å²) in [7, 11) is 1.62. The fourth-order valence-corrected chi connectivity index (χ4v) is 3.69. The summed E-state index contributed by atoms with van der Waals surface area (Å²) in [5, 5.41) is 17.9. The molecule has 1 amide bonds. The van der Waals surface area contributed by atoms with E-state index in [-0.39, 0.29) is 30.5 Å². The van der Waals surface area contributed by atoms with Crippen molar-refractivity contribution in [3.63, 3.8) is 0 Å². The van der Waals surface area contributed by atoms with E-state index in [1.54, 1.807) is 19.2 Å². The Morgan fingerprint density at radius 3 is 2.76 bits per heavy atom. The monoisotopic (exact) mass is 402 g/mol. The lowest BCUT2D eigenvalue weighted by Crippen LogP contribution is -2.48. The van der Waals surface area contributed by atoms with Crippen LogP contribution in [-0.4, -0.2) is 51.6 Å². The van der Waals surface area contributed by atoms with Crippen LogP contribution in [0.3, 0.4) is 0 Å². The number of nitrogens with one attached hydrogen (secondary N) is 1. The van der Waals surface area contributed by atoms with Gasteiger partial charge in [0, 0.05) is 19.1 Å². The zero-order valence-corrected chi connectivity index (χ0v) is 17.2. The van der Waals surface area contributed by atoms with Gasteiger partial charge < -0.3 is 19.9 Å². The molecule has 1 heterocycles. The first-order valence-electron chi connectivity index (χ1n) is 10.1. The number of para-hydroxylation sites is 1. The molecule has 0 saturated heterocycles. The summed E-state index contributed by atoms with van der Waals surface area (Å²) in [6.07, 6.45) is 1.42. The summed E-state index contributed by atoms with van der Waals surface area (Å²) in [4.78, 5) is 17.0. The van der Waals surface area contributed by atoms with Gasteiger partial charge in [-0.25, -0.2) is 9.67 Å². The van der Waals surface area contributed by atoms with E-state index in [4.69, 9.17) is 9.47 Å². The van der Waals surface area contributed by atoms with Crippen LogP contribution in [0.5, 0.6) is 5.75 Å². The molecule has 3 rings (SSSR count). The average Bonchev–Trinajstić information content (AvgIpc) is 3.13. The Balaban J connectivity index is 1.63. The Morgan fingerprint density at radius 2 is 2.07 bits per heavy atom. The highest BCUT2D eigenvalue weighted by molar-refractivity contribution is 5.77. The molecule has 1 aliphatic carbocycles. The minimum Gasteiger partial charge on any atom is -0.484 e. The zero-order valence-electron chi connectivity index (χ0n) is 17.2. The van der Waals surface area contributed by atoms with E-state index in [0.29, 0.717) is 31.0 Å². The minimum absolute atomic E-state index is 0.0853. The van der Waals surface area contributed by atoms with Crippen molar-refractivity contribution in [3.8, 4) is 5.75 Å². The van der Waals surface area contributed by atoms with Gasteiger partial charge in [0.15, 0.2) is 12.4 Å². The molecule has 0 radical (unpaired) electrons. The van der Waals surface area contributed by atoms with Gasteiger partial charge >= 0.3 is 0 Å². The van der Waals surface area contributed by atoms with Crippen LogP contribution < -0.4 is 10.1 Å². The summed E-state index contributed by atoms with van der Waals surface area (Å²) in [5.74, 6) is 2.04. The van der Waals surface area contributed by atoms with Gasteiger partial charge in [0.25, 0.3) is 5.91 Å². The first-order chi connectivity index (χ1) is 14.0. The van der Waals surface area contributed by atoms with E-state index < -0.39 is 6.10 Å². The van der Waals surface area contributed by atoms with Crippen LogP contribution in [0.1, 0.15) is 56.7 Å². The van der Waals surface area contributed by atoms with Crippen LogP contribution in [0.25, 0.3) is 0 Å². The third-order valence-electron chi connectivity index (χ3n) is 5.10. The van der Waals surface area contributed by atoms with Crippen molar-refractivity contribution in [1.29, 1.82) is 0 Å².